The van der Waals surface area contributed by atoms with Gasteiger partial charge in [0.05, 0.1) is 18.6 Å². The molecule has 0 aliphatic carbocycles. The van der Waals surface area contributed by atoms with Gasteiger partial charge in [-0.3, -0.25) is 4.79 Å². The number of nitrogens with one attached hydrogen (secondary N) is 1. The van der Waals surface area contributed by atoms with E-state index in [1.165, 1.54) is 24.3 Å². The fraction of sp³-hybridized carbons (Fsp3) is 0.208. The number of hydrogen-bond donors (Lipinski definition) is 1. The maximum atomic E-state index is 12.4. The highest BCUT2D eigenvalue weighted by Gasteiger charge is 2.14. The highest BCUT2D eigenvalue weighted by molar-refractivity contribution is 7.99. The van der Waals surface area contributed by atoms with Crippen molar-refractivity contribution in [3.63, 3.8) is 0 Å². The third-order valence-electron chi connectivity index (χ3n) is 5.20. The van der Waals surface area contributed by atoms with Crippen LogP contribution in [-0.2, 0) is 18.4 Å². The second kappa shape index (κ2) is 10.1. The Morgan fingerprint density at radius 1 is 1.12 bits per heavy atom. The Kier molecular flexibility index (Phi) is 7.05. The summed E-state index contributed by atoms with van der Waals surface area (Å²) >= 11 is 7.31. The zero-order valence-corrected chi connectivity index (χ0v) is 20.0. The van der Waals surface area contributed by atoms with Gasteiger partial charge in [0, 0.05) is 12.1 Å². The molecule has 4 aromatic rings. The fourth-order valence-corrected chi connectivity index (χ4v) is 4.30. The van der Waals surface area contributed by atoms with Crippen LogP contribution in [0.2, 0.25) is 5.02 Å². The number of halogens is 1. The van der Waals surface area contributed by atoms with Crippen molar-refractivity contribution in [2.75, 3.05) is 18.2 Å². The molecule has 0 bridgehead atoms. The quantitative estimate of drug-likeness (QED) is 0.346. The smallest absolute Gasteiger partial charge is 0.234 e. The predicted molar refractivity (Wildman–Crippen MR) is 131 cm³/mol. The van der Waals surface area contributed by atoms with E-state index in [9.17, 15) is 4.79 Å². The fourth-order valence-electron chi connectivity index (χ4n) is 3.40. The van der Waals surface area contributed by atoms with E-state index in [1.54, 1.807) is 18.2 Å². The van der Waals surface area contributed by atoms with Gasteiger partial charge in [0.15, 0.2) is 11.0 Å². The number of fused-ring (bicyclic) bond motifs is 1. The summed E-state index contributed by atoms with van der Waals surface area (Å²) in [6.45, 7) is 2.32. The molecule has 4 rings (SSSR count). The van der Waals surface area contributed by atoms with Crippen molar-refractivity contribution >= 4 is 45.7 Å². The van der Waals surface area contributed by atoms with Gasteiger partial charge in [-0.05, 0) is 47.5 Å². The van der Waals surface area contributed by atoms with Crippen molar-refractivity contribution in [2.45, 2.75) is 18.7 Å². The molecule has 0 saturated carbocycles. The van der Waals surface area contributed by atoms with Crippen LogP contribution in [0, 0.1) is 6.92 Å². The molecule has 1 amide bonds. The molecular formula is C24H23ClN4O3S. The normalized spacial score (nSPS) is 10.9. The summed E-state index contributed by atoms with van der Waals surface area (Å²) in [6.07, 6.45) is 0. The molecule has 1 N–H and O–H groups in total. The second-order valence-electron chi connectivity index (χ2n) is 7.34. The van der Waals surface area contributed by atoms with Crippen LogP contribution in [0.5, 0.6) is 11.5 Å². The number of hydrogen-bond acceptors (Lipinski definition) is 6. The Morgan fingerprint density at radius 2 is 1.91 bits per heavy atom. The number of nitrogens with zero attached hydrogens (tertiary/aromatic N) is 3. The van der Waals surface area contributed by atoms with Crippen LogP contribution in [0.25, 0.3) is 10.8 Å². The zero-order chi connectivity index (χ0) is 23.4. The van der Waals surface area contributed by atoms with Gasteiger partial charge in [-0.2, -0.15) is 0 Å². The summed E-state index contributed by atoms with van der Waals surface area (Å²) < 4.78 is 13.1. The molecule has 3 aromatic carbocycles. The van der Waals surface area contributed by atoms with E-state index in [1.807, 2.05) is 42.8 Å². The number of methoxy groups -OCH3 is 1. The van der Waals surface area contributed by atoms with E-state index in [2.05, 4.69) is 27.6 Å². The number of thioether (sulfide) groups is 1. The van der Waals surface area contributed by atoms with Gasteiger partial charge in [-0.1, -0.05) is 53.7 Å². The predicted octanol–water partition coefficient (Wildman–Crippen LogP) is 5.25. The minimum absolute atomic E-state index is 0.159. The first-order valence-electron chi connectivity index (χ1n) is 10.2. The number of carbonyl (C=O) groups excluding carboxylic acids is 1. The van der Waals surface area contributed by atoms with Gasteiger partial charge in [0.1, 0.15) is 18.1 Å². The van der Waals surface area contributed by atoms with Gasteiger partial charge in [-0.15, -0.1) is 10.2 Å². The van der Waals surface area contributed by atoms with E-state index in [0.717, 1.165) is 16.7 Å². The SMILES string of the molecule is COc1ccc(Cl)cc1NC(=O)CSc1nnc(COc2ccc3ccccc3c2C)n1C. The number of benzene rings is 3. The van der Waals surface area contributed by atoms with E-state index >= 15 is 0 Å². The summed E-state index contributed by atoms with van der Waals surface area (Å²) in [5.41, 5.74) is 1.60. The first kappa shape index (κ1) is 22.9. The van der Waals surface area contributed by atoms with Gasteiger partial charge in [-0.25, -0.2) is 0 Å². The Labute approximate surface area is 201 Å². The highest BCUT2D eigenvalue weighted by Crippen LogP contribution is 2.29. The average Bonchev–Trinajstić information content (AvgIpc) is 3.17. The molecular weight excluding hydrogens is 460 g/mol. The Morgan fingerprint density at radius 3 is 2.73 bits per heavy atom. The standard InChI is InChI=1S/C24H23ClN4O3S/c1-15-18-7-5-4-6-16(18)8-10-20(15)32-13-22-27-28-24(29(22)2)33-14-23(30)26-19-12-17(25)9-11-21(19)31-3/h4-12H,13-14H2,1-3H3,(H,26,30). The lowest BCUT2D eigenvalue weighted by Crippen LogP contribution is -2.15. The van der Waals surface area contributed by atoms with Crippen LogP contribution in [0.4, 0.5) is 5.69 Å². The number of ether oxygens (including phenoxy) is 2. The summed E-state index contributed by atoms with van der Waals surface area (Å²) in [6, 6.07) is 17.3. The lowest BCUT2D eigenvalue weighted by atomic mass is 10.0. The van der Waals surface area contributed by atoms with Gasteiger partial charge < -0.3 is 19.4 Å². The van der Waals surface area contributed by atoms with Crippen LogP contribution in [0.3, 0.4) is 0 Å². The van der Waals surface area contributed by atoms with Gasteiger partial charge in [0.25, 0.3) is 0 Å². The second-order valence-corrected chi connectivity index (χ2v) is 8.72. The van der Waals surface area contributed by atoms with Crippen molar-refractivity contribution in [1.82, 2.24) is 14.8 Å². The van der Waals surface area contributed by atoms with E-state index in [-0.39, 0.29) is 18.3 Å². The lowest BCUT2D eigenvalue weighted by Gasteiger charge is -2.11. The topological polar surface area (TPSA) is 78.3 Å². The molecule has 0 spiro atoms. The number of rotatable bonds is 8. The lowest BCUT2D eigenvalue weighted by molar-refractivity contribution is -0.113. The maximum Gasteiger partial charge on any atom is 0.234 e. The molecule has 0 aliphatic heterocycles. The molecule has 0 fully saturated rings. The maximum absolute atomic E-state index is 12.4. The number of aromatic nitrogens is 3. The molecule has 9 heteroatoms. The Balaban J connectivity index is 1.37. The molecule has 1 aromatic heterocycles. The van der Waals surface area contributed by atoms with Gasteiger partial charge in [0.2, 0.25) is 5.91 Å². The monoisotopic (exact) mass is 482 g/mol. The summed E-state index contributed by atoms with van der Waals surface area (Å²) in [7, 11) is 3.39. The Bertz CT molecular complexity index is 1310. The van der Waals surface area contributed by atoms with E-state index in [0.29, 0.717) is 27.4 Å². The molecule has 0 aliphatic rings. The van der Waals surface area contributed by atoms with Crippen LogP contribution < -0.4 is 14.8 Å². The number of amides is 1. The number of anilines is 1. The number of aryl methyl sites for hydroxylation is 1. The Hall–Kier alpha value is -3.23. The van der Waals surface area contributed by atoms with Crippen molar-refractivity contribution < 1.29 is 14.3 Å². The van der Waals surface area contributed by atoms with Crippen LogP contribution in [-0.4, -0.2) is 33.5 Å². The van der Waals surface area contributed by atoms with Crippen LogP contribution in [0.15, 0.2) is 59.8 Å². The van der Waals surface area contributed by atoms with E-state index in [4.69, 9.17) is 21.1 Å². The van der Waals surface area contributed by atoms with Crippen molar-refractivity contribution in [3.8, 4) is 11.5 Å². The molecule has 0 saturated heterocycles. The molecule has 0 radical (unpaired) electrons. The summed E-state index contributed by atoms with van der Waals surface area (Å²) in [4.78, 5) is 12.4. The summed E-state index contributed by atoms with van der Waals surface area (Å²) in [5, 5.41) is 14.7. The van der Waals surface area contributed by atoms with E-state index < -0.39 is 0 Å². The van der Waals surface area contributed by atoms with Crippen LogP contribution >= 0.6 is 23.4 Å². The highest BCUT2D eigenvalue weighted by atomic mass is 35.5. The first-order chi connectivity index (χ1) is 16.0. The van der Waals surface area contributed by atoms with Crippen molar-refractivity contribution in [2.24, 2.45) is 7.05 Å². The minimum Gasteiger partial charge on any atom is -0.495 e. The van der Waals surface area contributed by atoms with Crippen LogP contribution in [0.1, 0.15) is 11.4 Å². The molecule has 33 heavy (non-hydrogen) atoms. The molecule has 0 unspecified atom stereocenters. The third-order valence-corrected chi connectivity index (χ3v) is 6.45. The van der Waals surface area contributed by atoms with Gasteiger partial charge >= 0.3 is 0 Å². The molecule has 0 atom stereocenters. The van der Waals surface area contributed by atoms with Crippen molar-refractivity contribution in [3.05, 3.63) is 71.0 Å². The molecule has 170 valence electrons. The third kappa shape index (κ3) is 5.23. The first-order valence-corrected chi connectivity index (χ1v) is 11.6. The number of carbonyl (C=O) groups is 1. The molecule has 7 nitrogen and oxygen atoms in total. The largest absolute Gasteiger partial charge is 0.495 e. The average molecular weight is 483 g/mol. The minimum atomic E-state index is -0.201. The summed E-state index contributed by atoms with van der Waals surface area (Å²) in [5.74, 6) is 1.97. The van der Waals surface area contributed by atoms with Crippen molar-refractivity contribution in [1.29, 1.82) is 0 Å². The molecule has 1 heterocycles. The zero-order valence-electron chi connectivity index (χ0n) is 18.5.